The van der Waals surface area contributed by atoms with Crippen molar-refractivity contribution in [3.8, 4) is 11.3 Å². The quantitative estimate of drug-likeness (QED) is 0.813. The molecule has 0 aliphatic carbocycles. The maximum Gasteiger partial charge on any atom is 0.449 e. The van der Waals surface area contributed by atoms with Crippen molar-refractivity contribution in [1.82, 2.24) is 15.0 Å². The molecule has 0 radical (unpaired) electrons. The highest BCUT2D eigenvalue weighted by Gasteiger charge is 2.35. The number of pyridine rings is 1. The van der Waals surface area contributed by atoms with Gasteiger partial charge in [-0.25, -0.2) is 4.98 Å². The molecule has 84 valence electrons. The third kappa shape index (κ3) is 1.91. The molecule has 2 aromatic heterocycles. The number of aromatic amines is 1. The van der Waals surface area contributed by atoms with Gasteiger partial charge in [0, 0.05) is 23.7 Å². The van der Waals surface area contributed by atoms with Crippen LogP contribution in [-0.2, 0) is 6.18 Å². The van der Waals surface area contributed by atoms with Crippen LogP contribution in [0.2, 0.25) is 0 Å². The molecular weight excluding hydrogens is 219 g/mol. The van der Waals surface area contributed by atoms with Crippen molar-refractivity contribution in [2.75, 3.05) is 0 Å². The molecule has 0 atom stereocenters. The van der Waals surface area contributed by atoms with E-state index in [0.717, 1.165) is 0 Å². The van der Waals surface area contributed by atoms with E-state index in [-0.39, 0.29) is 0 Å². The third-order valence-corrected chi connectivity index (χ3v) is 2.11. The highest BCUT2D eigenvalue weighted by atomic mass is 19.4. The Labute approximate surface area is 89.4 Å². The Kier molecular flexibility index (Phi) is 2.41. The zero-order chi connectivity index (χ0) is 11.8. The van der Waals surface area contributed by atoms with Gasteiger partial charge in [-0.3, -0.25) is 4.98 Å². The summed E-state index contributed by atoms with van der Waals surface area (Å²) in [4.78, 5) is 9.57. The van der Waals surface area contributed by atoms with Gasteiger partial charge in [0.25, 0.3) is 0 Å². The number of H-pyrrole nitrogens is 1. The fourth-order valence-corrected chi connectivity index (χ4v) is 1.39. The highest BCUT2D eigenvalue weighted by Crippen LogP contribution is 2.30. The summed E-state index contributed by atoms with van der Waals surface area (Å²) in [7, 11) is 0. The average Bonchev–Trinajstić information content (AvgIpc) is 2.61. The van der Waals surface area contributed by atoms with Crippen molar-refractivity contribution < 1.29 is 13.2 Å². The van der Waals surface area contributed by atoms with Crippen LogP contribution in [0.3, 0.4) is 0 Å². The number of alkyl halides is 3. The van der Waals surface area contributed by atoms with Gasteiger partial charge in [0.15, 0.2) is 0 Å². The second-order valence-electron chi connectivity index (χ2n) is 3.29. The van der Waals surface area contributed by atoms with E-state index in [1.807, 2.05) is 0 Å². The minimum Gasteiger partial charge on any atom is -0.338 e. The Hall–Kier alpha value is -1.85. The first-order valence-corrected chi connectivity index (χ1v) is 4.52. The Morgan fingerprint density at radius 3 is 2.31 bits per heavy atom. The van der Waals surface area contributed by atoms with Gasteiger partial charge in [-0.2, -0.15) is 13.2 Å². The SMILES string of the molecule is Cc1[nH]c(C(F)(F)F)nc1-c1ccncc1. The molecule has 16 heavy (non-hydrogen) atoms. The molecular formula is C10H8F3N3. The van der Waals surface area contributed by atoms with Gasteiger partial charge < -0.3 is 4.98 Å². The van der Waals surface area contributed by atoms with Crippen molar-refractivity contribution in [3.05, 3.63) is 36.0 Å². The minimum absolute atomic E-state index is 0.301. The average molecular weight is 227 g/mol. The van der Waals surface area contributed by atoms with E-state index in [9.17, 15) is 13.2 Å². The summed E-state index contributed by atoms with van der Waals surface area (Å²) in [5.41, 5.74) is 1.30. The Balaban J connectivity index is 2.48. The van der Waals surface area contributed by atoms with Crippen molar-refractivity contribution in [1.29, 1.82) is 0 Å². The summed E-state index contributed by atoms with van der Waals surface area (Å²) in [5, 5.41) is 0. The molecule has 0 saturated heterocycles. The molecule has 1 N–H and O–H groups in total. The molecule has 0 unspecified atom stereocenters. The summed E-state index contributed by atoms with van der Waals surface area (Å²) in [6, 6.07) is 3.23. The maximum atomic E-state index is 12.4. The standard InChI is InChI=1S/C10H8F3N3/c1-6-8(7-2-4-14-5-3-7)16-9(15-6)10(11,12)13/h2-5H,1H3,(H,15,16). The van der Waals surface area contributed by atoms with E-state index in [4.69, 9.17) is 0 Å². The number of nitrogens with zero attached hydrogens (tertiary/aromatic N) is 2. The summed E-state index contributed by atoms with van der Waals surface area (Å²) < 4.78 is 37.2. The molecule has 2 aromatic rings. The first-order chi connectivity index (χ1) is 7.48. The summed E-state index contributed by atoms with van der Waals surface area (Å²) >= 11 is 0. The normalized spacial score (nSPS) is 11.8. The molecule has 0 aromatic carbocycles. The number of hydrogen-bond acceptors (Lipinski definition) is 2. The first kappa shape index (κ1) is 10.7. The fraction of sp³-hybridized carbons (Fsp3) is 0.200. The van der Waals surface area contributed by atoms with Gasteiger partial charge in [-0.1, -0.05) is 0 Å². The van der Waals surface area contributed by atoms with Crippen molar-refractivity contribution in [2.24, 2.45) is 0 Å². The Morgan fingerprint density at radius 1 is 1.19 bits per heavy atom. The van der Waals surface area contributed by atoms with Crippen LogP contribution in [0.1, 0.15) is 11.5 Å². The van der Waals surface area contributed by atoms with Gasteiger partial charge in [-0.05, 0) is 19.1 Å². The topological polar surface area (TPSA) is 41.6 Å². The highest BCUT2D eigenvalue weighted by molar-refractivity contribution is 5.61. The lowest BCUT2D eigenvalue weighted by atomic mass is 10.2. The maximum absolute atomic E-state index is 12.4. The number of rotatable bonds is 1. The van der Waals surface area contributed by atoms with Crippen LogP contribution in [0.25, 0.3) is 11.3 Å². The van der Waals surface area contributed by atoms with Crippen molar-refractivity contribution in [3.63, 3.8) is 0 Å². The Bertz CT molecular complexity index is 488. The van der Waals surface area contributed by atoms with Crippen LogP contribution in [0.4, 0.5) is 13.2 Å². The van der Waals surface area contributed by atoms with Crippen LogP contribution >= 0.6 is 0 Å². The van der Waals surface area contributed by atoms with Crippen molar-refractivity contribution in [2.45, 2.75) is 13.1 Å². The van der Waals surface area contributed by atoms with Crippen molar-refractivity contribution >= 4 is 0 Å². The predicted molar refractivity (Wildman–Crippen MR) is 51.6 cm³/mol. The van der Waals surface area contributed by atoms with E-state index in [2.05, 4.69) is 15.0 Å². The molecule has 0 aliphatic heterocycles. The zero-order valence-electron chi connectivity index (χ0n) is 8.34. The van der Waals surface area contributed by atoms with E-state index in [0.29, 0.717) is 17.0 Å². The number of hydrogen-bond donors (Lipinski definition) is 1. The van der Waals surface area contributed by atoms with Crippen LogP contribution in [0.5, 0.6) is 0 Å². The molecule has 6 heteroatoms. The predicted octanol–water partition coefficient (Wildman–Crippen LogP) is 2.80. The second-order valence-corrected chi connectivity index (χ2v) is 3.29. The molecule has 0 aliphatic rings. The molecule has 0 saturated carbocycles. The monoisotopic (exact) mass is 227 g/mol. The van der Waals surface area contributed by atoms with E-state index in [1.165, 1.54) is 12.4 Å². The molecule has 0 fully saturated rings. The lowest BCUT2D eigenvalue weighted by molar-refractivity contribution is -0.144. The second kappa shape index (κ2) is 3.62. The number of imidazole rings is 1. The summed E-state index contributed by atoms with van der Waals surface area (Å²) in [6.45, 7) is 1.55. The summed E-state index contributed by atoms with van der Waals surface area (Å²) in [6.07, 6.45) is -1.43. The van der Waals surface area contributed by atoms with Crippen LogP contribution in [0.15, 0.2) is 24.5 Å². The number of aryl methyl sites for hydroxylation is 1. The third-order valence-electron chi connectivity index (χ3n) is 2.11. The van der Waals surface area contributed by atoms with E-state index < -0.39 is 12.0 Å². The zero-order valence-corrected chi connectivity index (χ0v) is 8.34. The van der Waals surface area contributed by atoms with Gasteiger partial charge in [-0.15, -0.1) is 0 Å². The van der Waals surface area contributed by atoms with Crippen LogP contribution in [-0.4, -0.2) is 15.0 Å². The molecule has 3 nitrogen and oxygen atoms in total. The number of halogens is 3. The van der Waals surface area contributed by atoms with Gasteiger partial charge in [0.05, 0.1) is 5.69 Å². The first-order valence-electron chi connectivity index (χ1n) is 4.52. The fourth-order valence-electron chi connectivity index (χ4n) is 1.39. The van der Waals surface area contributed by atoms with E-state index in [1.54, 1.807) is 19.1 Å². The minimum atomic E-state index is -4.45. The lowest BCUT2D eigenvalue weighted by Gasteiger charge is -1.99. The number of aromatic nitrogens is 3. The Morgan fingerprint density at radius 2 is 1.81 bits per heavy atom. The number of nitrogens with one attached hydrogen (secondary N) is 1. The van der Waals surface area contributed by atoms with Gasteiger partial charge >= 0.3 is 6.18 Å². The van der Waals surface area contributed by atoms with E-state index >= 15 is 0 Å². The smallest absolute Gasteiger partial charge is 0.338 e. The molecule has 0 amide bonds. The van der Waals surface area contributed by atoms with Crippen LogP contribution < -0.4 is 0 Å². The largest absolute Gasteiger partial charge is 0.449 e. The molecule has 2 rings (SSSR count). The molecule has 2 heterocycles. The van der Waals surface area contributed by atoms with Crippen LogP contribution in [0, 0.1) is 6.92 Å². The summed E-state index contributed by atoms with van der Waals surface area (Å²) in [5.74, 6) is -0.975. The lowest BCUT2D eigenvalue weighted by Crippen LogP contribution is -2.07. The molecule has 0 spiro atoms. The van der Waals surface area contributed by atoms with Gasteiger partial charge in [0.2, 0.25) is 5.82 Å². The molecule has 0 bridgehead atoms. The van der Waals surface area contributed by atoms with Gasteiger partial charge in [0.1, 0.15) is 0 Å².